The van der Waals surface area contributed by atoms with Crippen LogP contribution in [0.1, 0.15) is 51.4 Å². The van der Waals surface area contributed by atoms with Crippen molar-refractivity contribution in [3.8, 4) is 0 Å². The summed E-state index contributed by atoms with van der Waals surface area (Å²) in [4.78, 5) is 29.9. The number of hydrogen-bond acceptors (Lipinski definition) is 8. The Kier molecular flexibility index (Phi) is 7.38. The number of pyridine rings is 1. The Labute approximate surface area is 224 Å². The number of nitrogens with one attached hydrogen (secondary N) is 3. The summed E-state index contributed by atoms with van der Waals surface area (Å²) in [5, 5.41) is 10.7. The Morgan fingerprint density at radius 3 is 2.51 bits per heavy atom. The van der Waals surface area contributed by atoms with Crippen molar-refractivity contribution < 1.29 is 4.79 Å². The molecule has 0 aliphatic carbocycles. The molecule has 1 aromatic rings. The average molecular weight is 527 g/mol. The predicted octanol–water partition coefficient (Wildman–Crippen LogP) is 2.92. The molecular weight excluding hydrogens is 488 g/mol. The van der Waals surface area contributed by atoms with Gasteiger partial charge >= 0.3 is 0 Å². The van der Waals surface area contributed by atoms with E-state index in [4.69, 9.17) is 16.6 Å². The van der Waals surface area contributed by atoms with Crippen molar-refractivity contribution in [3.05, 3.63) is 29.7 Å². The monoisotopic (exact) mass is 526 g/mol. The number of aromatic nitrogens is 1. The maximum atomic E-state index is 13.7. The number of carbonyl (C=O) groups excluding carboxylic acids is 1. The van der Waals surface area contributed by atoms with Gasteiger partial charge in [0.05, 0.1) is 34.2 Å². The van der Waals surface area contributed by atoms with Gasteiger partial charge in [-0.05, 0) is 77.2 Å². The zero-order valence-corrected chi connectivity index (χ0v) is 22.3. The molecule has 9 nitrogen and oxygen atoms in total. The van der Waals surface area contributed by atoms with Crippen LogP contribution in [0.4, 0.5) is 11.4 Å². The topological polar surface area (TPSA) is 88.1 Å². The lowest BCUT2D eigenvalue weighted by atomic mass is 9.76. The lowest BCUT2D eigenvalue weighted by Crippen LogP contribution is -2.50. The van der Waals surface area contributed by atoms with Crippen molar-refractivity contribution in [1.82, 2.24) is 25.4 Å². The third-order valence-electron chi connectivity index (χ3n) is 8.97. The van der Waals surface area contributed by atoms with Gasteiger partial charge in [-0.15, -0.1) is 0 Å². The van der Waals surface area contributed by atoms with Gasteiger partial charge < -0.3 is 25.8 Å². The maximum absolute atomic E-state index is 13.7. The van der Waals surface area contributed by atoms with Crippen molar-refractivity contribution in [3.63, 3.8) is 0 Å². The van der Waals surface area contributed by atoms with E-state index in [1.165, 1.54) is 32.1 Å². The van der Waals surface area contributed by atoms with Crippen LogP contribution in [0, 0.1) is 5.41 Å². The standard InChI is InChI=1S/C27H39ClN8O/c28-23-19-31-26(33-24(23)35-11-2-1-3-12-35)32-20-16-22(18-30-17-20)36-15-8-27(25(36)37)6-13-34(14-7-27)21-4-9-29-10-5-21/h16-19,21,24,29H,1-15H2,(H2,31,32,33). The first-order valence-electron chi connectivity index (χ1n) is 14.0. The molecular formula is C27H39ClN8O. The first-order valence-corrected chi connectivity index (χ1v) is 14.4. The molecule has 1 aromatic heterocycles. The summed E-state index contributed by atoms with van der Waals surface area (Å²) < 4.78 is 0. The molecule has 6 heterocycles. The number of nitrogens with zero attached hydrogens (tertiary/aromatic N) is 5. The van der Waals surface area contributed by atoms with E-state index in [1.807, 2.05) is 17.2 Å². The minimum Gasteiger partial charge on any atom is -0.331 e. The maximum Gasteiger partial charge on any atom is 0.233 e. The Bertz CT molecular complexity index is 1040. The molecule has 1 amide bonds. The zero-order valence-electron chi connectivity index (χ0n) is 21.6. The molecule has 200 valence electrons. The highest BCUT2D eigenvalue weighted by Crippen LogP contribution is 2.44. The van der Waals surface area contributed by atoms with Gasteiger partial charge in [0, 0.05) is 31.9 Å². The first-order chi connectivity index (χ1) is 18.1. The second-order valence-electron chi connectivity index (χ2n) is 11.2. The smallest absolute Gasteiger partial charge is 0.233 e. The summed E-state index contributed by atoms with van der Waals surface area (Å²) in [7, 11) is 0. The van der Waals surface area contributed by atoms with E-state index in [0.29, 0.717) is 17.0 Å². The third kappa shape index (κ3) is 5.24. The van der Waals surface area contributed by atoms with Crippen LogP contribution in [0.15, 0.2) is 34.7 Å². The van der Waals surface area contributed by atoms with E-state index in [2.05, 4.69) is 30.7 Å². The van der Waals surface area contributed by atoms with E-state index in [0.717, 1.165) is 76.5 Å². The first kappa shape index (κ1) is 25.1. The molecule has 1 atom stereocenters. The Balaban J connectivity index is 1.10. The molecule has 1 unspecified atom stereocenters. The molecule has 6 rings (SSSR count). The minimum atomic E-state index is -0.217. The van der Waals surface area contributed by atoms with Gasteiger partial charge in [-0.25, -0.2) is 4.99 Å². The van der Waals surface area contributed by atoms with Crippen molar-refractivity contribution >= 4 is 34.8 Å². The molecule has 10 heteroatoms. The van der Waals surface area contributed by atoms with Gasteiger partial charge in [0.1, 0.15) is 6.17 Å². The highest BCUT2D eigenvalue weighted by Gasteiger charge is 2.49. The van der Waals surface area contributed by atoms with Gasteiger partial charge in [-0.2, -0.15) is 0 Å². The Morgan fingerprint density at radius 1 is 0.973 bits per heavy atom. The molecule has 3 N–H and O–H groups in total. The number of amides is 1. The van der Waals surface area contributed by atoms with Crippen LogP contribution in [-0.2, 0) is 4.79 Å². The van der Waals surface area contributed by atoms with Crippen LogP contribution < -0.4 is 20.9 Å². The van der Waals surface area contributed by atoms with Gasteiger partial charge in [0.2, 0.25) is 11.9 Å². The van der Waals surface area contributed by atoms with E-state index >= 15 is 0 Å². The van der Waals surface area contributed by atoms with Crippen LogP contribution in [0.2, 0.25) is 0 Å². The SMILES string of the molecule is O=C1N(c2cncc(NC3=NC(N4CCCCC4)C(Cl)=CN3)c2)CCC12CCN(C1CCNCC1)CC2. The molecule has 1 spiro atoms. The molecule has 5 aliphatic heterocycles. The molecule has 4 fully saturated rings. The normalized spacial score (nSPS) is 27.6. The number of likely N-dealkylation sites (tertiary alicyclic amines) is 2. The minimum absolute atomic E-state index is 0.155. The van der Waals surface area contributed by atoms with Crippen LogP contribution in [0.25, 0.3) is 0 Å². The number of anilines is 2. The van der Waals surface area contributed by atoms with Crippen molar-refractivity contribution in [2.24, 2.45) is 10.4 Å². The highest BCUT2D eigenvalue weighted by atomic mass is 35.5. The number of halogens is 1. The quantitative estimate of drug-likeness (QED) is 0.556. The fraction of sp³-hybridized carbons (Fsp3) is 0.667. The number of rotatable bonds is 4. The molecule has 4 saturated heterocycles. The molecule has 0 aromatic carbocycles. The van der Waals surface area contributed by atoms with E-state index in [1.54, 1.807) is 12.4 Å². The van der Waals surface area contributed by atoms with Crippen molar-refractivity contribution in [1.29, 1.82) is 0 Å². The third-order valence-corrected chi connectivity index (χ3v) is 9.28. The van der Waals surface area contributed by atoms with Crippen LogP contribution in [-0.4, -0.2) is 84.7 Å². The number of aliphatic imine (C=N–C) groups is 1. The number of carbonyl (C=O) groups is 1. The largest absolute Gasteiger partial charge is 0.331 e. The fourth-order valence-corrected chi connectivity index (χ4v) is 6.96. The van der Waals surface area contributed by atoms with Crippen LogP contribution in [0.5, 0.6) is 0 Å². The van der Waals surface area contributed by atoms with Crippen molar-refractivity contribution in [2.75, 3.05) is 56.0 Å². The van der Waals surface area contributed by atoms with Crippen LogP contribution >= 0.6 is 11.6 Å². The van der Waals surface area contributed by atoms with Crippen LogP contribution in [0.3, 0.4) is 0 Å². The Morgan fingerprint density at radius 2 is 1.73 bits per heavy atom. The molecule has 37 heavy (non-hydrogen) atoms. The second kappa shape index (κ2) is 10.9. The molecule has 0 saturated carbocycles. The second-order valence-corrected chi connectivity index (χ2v) is 11.6. The lowest BCUT2D eigenvalue weighted by Gasteiger charge is -2.42. The van der Waals surface area contributed by atoms with Gasteiger partial charge in [-0.1, -0.05) is 18.0 Å². The van der Waals surface area contributed by atoms with Crippen molar-refractivity contribution in [2.45, 2.75) is 63.6 Å². The van der Waals surface area contributed by atoms with Gasteiger partial charge in [0.25, 0.3) is 0 Å². The number of guanidine groups is 1. The van der Waals surface area contributed by atoms with E-state index < -0.39 is 0 Å². The number of piperidine rings is 3. The average Bonchev–Trinajstić information content (AvgIpc) is 3.26. The van der Waals surface area contributed by atoms with E-state index in [-0.39, 0.29) is 17.5 Å². The van der Waals surface area contributed by atoms with Gasteiger partial charge in [0.15, 0.2) is 0 Å². The molecule has 0 radical (unpaired) electrons. The highest BCUT2D eigenvalue weighted by molar-refractivity contribution is 6.30. The molecule has 5 aliphatic rings. The summed E-state index contributed by atoms with van der Waals surface area (Å²) in [6.07, 6.45) is 14.2. The summed E-state index contributed by atoms with van der Waals surface area (Å²) in [6.45, 7) is 7.06. The van der Waals surface area contributed by atoms with E-state index in [9.17, 15) is 4.79 Å². The molecule has 0 bridgehead atoms. The Hall–Kier alpha value is -2.20. The number of hydrogen-bond donors (Lipinski definition) is 3. The lowest BCUT2D eigenvalue weighted by molar-refractivity contribution is -0.128. The summed E-state index contributed by atoms with van der Waals surface area (Å²) in [5.74, 6) is 0.915. The fourth-order valence-electron chi connectivity index (χ4n) is 6.72. The summed E-state index contributed by atoms with van der Waals surface area (Å²) in [5.41, 5.74) is 1.44. The summed E-state index contributed by atoms with van der Waals surface area (Å²) >= 11 is 6.50. The zero-order chi connectivity index (χ0) is 25.2. The van der Waals surface area contributed by atoms with Gasteiger partial charge in [-0.3, -0.25) is 14.7 Å². The summed E-state index contributed by atoms with van der Waals surface area (Å²) in [6, 6.07) is 2.68. The predicted molar refractivity (Wildman–Crippen MR) is 148 cm³/mol.